The molecule has 0 heterocycles. The first-order valence-corrected chi connectivity index (χ1v) is 11.0. The number of aliphatic carboxylic acids is 1. The Morgan fingerprint density at radius 1 is 1.25 bits per heavy atom. The van der Waals surface area contributed by atoms with Crippen LogP contribution in [-0.4, -0.2) is 58.6 Å². The fourth-order valence-corrected chi connectivity index (χ4v) is 4.11. The van der Waals surface area contributed by atoms with Crippen molar-refractivity contribution in [3.63, 3.8) is 0 Å². The Morgan fingerprint density at radius 2 is 1.88 bits per heavy atom. The van der Waals surface area contributed by atoms with Gasteiger partial charge in [0.15, 0.2) is 0 Å². The molecule has 1 aromatic rings. The molecular weight excluding hydrogens is 401 g/mol. The summed E-state index contributed by atoms with van der Waals surface area (Å²) in [5.41, 5.74) is 0.775. The number of Topliss-reactive ketones (excluding diaryl/α,β-unsaturated/α-hetero) is 1. The number of carbonyl (C=O) groups is 3. The van der Waals surface area contributed by atoms with Gasteiger partial charge >= 0.3 is 146 Å². The van der Waals surface area contributed by atoms with Crippen molar-refractivity contribution in [2.75, 3.05) is 12.8 Å². The average Bonchev–Trinajstić information content (AvgIpc) is 2.50. The molecule has 0 aromatic heterocycles. The molecule has 2 unspecified atom stereocenters. The van der Waals surface area contributed by atoms with Crippen LogP contribution in [0.3, 0.4) is 0 Å². The molecule has 0 radical (unpaired) electrons. The third kappa shape index (κ3) is 8.81. The monoisotopic (exact) mass is 419 g/mol. The predicted octanol–water partition coefficient (Wildman–Crippen LogP) is 0.141. The average molecular weight is 419 g/mol. The number of ether oxygens (including phenoxy) is 1. The summed E-state index contributed by atoms with van der Waals surface area (Å²) < 4.78 is 27.4. The van der Waals surface area contributed by atoms with Crippen LogP contribution in [0.25, 0.3) is 0 Å². The Labute approximate surface area is 146 Å². The van der Waals surface area contributed by atoms with E-state index in [9.17, 15) is 22.8 Å². The normalized spacial score (nSPS) is 12.9. The number of carboxylic acids is 1. The van der Waals surface area contributed by atoms with E-state index in [0.29, 0.717) is 0 Å². The molecule has 1 aromatic carbocycles. The van der Waals surface area contributed by atoms with Crippen molar-refractivity contribution in [3.05, 3.63) is 35.9 Å². The van der Waals surface area contributed by atoms with Gasteiger partial charge in [-0.25, -0.2) is 0 Å². The Kier molecular flexibility index (Phi) is 8.10. The van der Waals surface area contributed by atoms with E-state index in [1.54, 1.807) is 24.3 Å². The van der Waals surface area contributed by atoms with Gasteiger partial charge in [-0.05, 0) is 0 Å². The number of carboxylic acid groups (broad SMARTS) is 1. The number of ketones is 1. The van der Waals surface area contributed by atoms with E-state index >= 15 is 0 Å². The van der Waals surface area contributed by atoms with E-state index in [0.717, 1.165) is 11.8 Å². The molecule has 1 rings (SSSR count). The van der Waals surface area contributed by atoms with Gasteiger partial charge in [0, 0.05) is 0 Å². The van der Waals surface area contributed by atoms with Gasteiger partial charge in [0.05, 0.1) is 0 Å². The Balaban J connectivity index is 2.59. The molecule has 0 saturated carbocycles. The van der Waals surface area contributed by atoms with Crippen molar-refractivity contribution in [1.82, 2.24) is 4.72 Å². The summed E-state index contributed by atoms with van der Waals surface area (Å²) in [6.07, 6.45) is 0.363. The Bertz CT molecular complexity index is 690. The standard InChI is InChI=1S/C14H18AsNO7S/c1-24(21,22)16-8-12(17)11(7-13(18)19)15-14(20)23-9-10-5-3-2-4-6-10/h2-6,11,15-16H,7-9H2,1H3,(H,18,19). The molecule has 0 fully saturated rings. The molecule has 2 N–H and O–H groups in total. The first kappa shape index (κ1) is 20.3. The molecule has 0 saturated heterocycles. The molecule has 0 aliphatic heterocycles. The van der Waals surface area contributed by atoms with Crippen molar-refractivity contribution < 1.29 is 32.6 Å². The van der Waals surface area contributed by atoms with E-state index in [1.807, 2.05) is 10.8 Å². The van der Waals surface area contributed by atoms with Gasteiger partial charge in [-0.2, -0.15) is 0 Å². The first-order valence-electron chi connectivity index (χ1n) is 6.83. The zero-order valence-electron chi connectivity index (χ0n) is 12.9. The Morgan fingerprint density at radius 3 is 2.42 bits per heavy atom. The number of nitrogens with one attached hydrogen (secondary N) is 1. The Hall–Kier alpha value is -1.70. The summed E-state index contributed by atoms with van der Waals surface area (Å²) in [4.78, 5) is 34.7. The summed E-state index contributed by atoms with van der Waals surface area (Å²) in [7, 11) is -3.58. The molecule has 0 amide bonds. The summed E-state index contributed by atoms with van der Waals surface area (Å²) in [5, 5.41) is 8.86. The number of carbonyl (C=O) groups excluding carboxylic acids is 2. The summed E-state index contributed by atoms with van der Waals surface area (Å²) >= 11 is -1.70. The number of hydrogen-bond donors (Lipinski definition) is 2. The minimum atomic E-state index is -3.58. The van der Waals surface area contributed by atoms with Crippen molar-refractivity contribution in [2.45, 2.75) is 17.7 Å². The van der Waals surface area contributed by atoms with E-state index in [-0.39, 0.29) is 6.61 Å². The third-order valence-electron chi connectivity index (χ3n) is 2.78. The maximum atomic E-state index is 12.0. The second kappa shape index (κ2) is 9.56. The molecule has 0 spiro atoms. The molecule has 0 aliphatic rings. The number of benzene rings is 1. The van der Waals surface area contributed by atoms with Gasteiger partial charge in [-0.1, -0.05) is 0 Å². The van der Waals surface area contributed by atoms with Gasteiger partial charge in [0.2, 0.25) is 0 Å². The zero-order valence-corrected chi connectivity index (χ0v) is 15.8. The van der Waals surface area contributed by atoms with Crippen LogP contribution in [0.1, 0.15) is 12.0 Å². The molecule has 24 heavy (non-hydrogen) atoms. The quantitative estimate of drug-likeness (QED) is 0.517. The van der Waals surface area contributed by atoms with E-state index in [1.165, 1.54) is 0 Å². The van der Waals surface area contributed by atoms with E-state index < -0.39 is 60.0 Å². The van der Waals surface area contributed by atoms with Crippen molar-refractivity contribution in [2.24, 2.45) is 0 Å². The molecular formula is C14H18AsNO7S. The molecule has 0 bridgehead atoms. The first-order chi connectivity index (χ1) is 11.2. The van der Waals surface area contributed by atoms with Gasteiger partial charge in [-0.3, -0.25) is 0 Å². The maximum absolute atomic E-state index is 12.0. The fraction of sp³-hybridized carbons (Fsp3) is 0.357. The SMILES string of the molecule is CS(=O)(=O)NCC(=O)C(CC(=O)O)[AsH]C(=O)OCc1ccccc1. The van der Waals surface area contributed by atoms with Crippen LogP contribution in [0.15, 0.2) is 30.3 Å². The van der Waals surface area contributed by atoms with Crippen molar-refractivity contribution >= 4 is 42.3 Å². The van der Waals surface area contributed by atoms with Crippen LogP contribution < -0.4 is 4.72 Å². The summed E-state index contributed by atoms with van der Waals surface area (Å²) in [6, 6.07) is 8.92. The summed E-state index contributed by atoms with van der Waals surface area (Å²) in [6.45, 7) is -0.495. The third-order valence-corrected chi connectivity index (χ3v) is 6.08. The van der Waals surface area contributed by atoms with Crippen molar-refractivity contribution in [1.29, 1.82) is 0 Å². The van der Waals surface area contributed by atoms with Crippen LogP contribution >= 0.6 is 0 Å². The zero-order chi connectivity index (χ0) is 18.2. The van der Waals surface area contributed by atoms with E-state index in [2.05, 4.69) is 0 Å². The fourth-order valence-electron chi connectivity index (χ4n) is 1.65. The number of sulfonamides is 1. The van der Waals surface area contributed by atoms with Gasteiger partial charge < -0.3 is 0 Å². The topological polar surface area (TPSA) is 127 Å². The van der Waals surface area contributed by atoms with Crippen LogP contribution in [-0.2, 0) is 31.0 Å². The van der Waals surface area contributed by atoms with Crippen LogP contribution in [0.2, 0.25) is 4.71 Å². The van der Waals surface area contributed by atoms with Gasteiger partial charge in [0.1, 0.15) is 0 Å². The van der Waals surface area contributed by atoms with E-state index in [4.69, 9.17) is 9.84 Å². The number of rotatable bonds is 10. The summed E-state index contributed by atoms with van der Waals surface area (Å²) in [5.74, 6) is -1.85. The van der Waals surface area contributed by atoms with Gasteiger partial charge in [0.25, 0.3) is 0 Å². The molecule has 0 aliphatic carbocycles. The second-order valence-corrected chi connectivity index (χ2v) is 9.67. The number of hydrogen-bond acceptors (Lipinski definition) is 6. The van der Waals surface area contributed by atoms with Crippen molar-refractivity contribution in [3.8, 4) is 0 Å². The predicted molar refractivity (Wildman–Crippen MR) is 87.6 cm³/mol. The van der Waals surface area contributed by atoms with Crippen LogP contribution in [0.5, 0.6) is 0 Å². The minimum absolute atomic E-state index is 0.0404. The van der Waals surface area contributed by atoms with Crippen LogP contribution in [0.4, 0.5) is 4.79 Å². The second-order valence-electron chi connectivity index (χ2n) is 4.92. The molecule has 2 atom stereocenters. The molecule has 8 nitrogen and oxygen atoms in total. The molecule has 10 heteroatoms. The molecule has 132 valence electrons. The van der Waals surface area contributed by atoms with Gasteiger partial charge in [-0.15, -0.1) is 0 Å². The van der Waals surface area contributed by atoms with Crippen LogP contribution in [0, 0.1) is 0 Å².